The minimum Gasteiger partial charge on any atom is -0.467 e. The average molecular weight is 340 g/mol. The Labute approximate surface area is 144 Å². The molecule has 4 heterocycles. The smallest absolute Gasteiger partial charge is 0.223 e. The lowest BCUT2D eigenvalue weighted by molar-refractivity contribution is -0.125. The molecule has 1 fully saturated rings. The zero-order valence-electron chi connectivity index (χ0n) is 14.1. The molecule has 0 spiro atoms. The second kappa shape index (κ2) is 6.54. The van der Waals surface area contributed by atoms with Crippen LogP contribution in [0.15, 0.2) is 34.9 Å². The van der Waals surface area contributed by atoms with Crippen LogP contribution in [0.1, 0.15) is 24.4 Å². The molecular formula is C17H20N6O2. The second-order valence-corrected chi connectivity index (χ2v) is 6.27. The SMILES string of the molecule is Cc1nnc2ccc(N3CCC(C(=O)NCc4ccco4)CC3)nn12. The summed E-state index contributed by atoms with van der Waals surface area (Å²) in [5.41, 5.74) is 0.744. The average Bonchev–Trinajstić information content (AvgIpc) is 3.30. The van der Waals surface area contributed by atoms with Gasteiger partial charge in [0.25, 0.3) is 0 Å². The first-order chi connectivity index (χ1) is 12.2. The molecule has 3 aromatic heterocycles. The highest BCUT2D eigenvalue weighted by atomic mass is 16.3. The molecule has 1 aliphatic heterocycles. The summed E-state index contributed by atoms with van der Waals surface area (Å²) in [6.45, 7) is 3.93. The number of nitrogens with one attached hydrogen (secondary N) is 1. The molecule has 0 radical (unpaired) electrons. The van der Waals surface area contributed by atoms with Crippen LogP contribution >= 0.6 is 0 Å². The fourth-order valence-corrected chi connectivity index (χ4v) is 3.16. The van der Waals surface area contributed by atoms with E-state index in [0.717, 1.165) is 49.0 Å². The van der Waals surface area contributed by atoms with E-state index in [9.17, 15) is 4.79 Å². The van der Waals surface area contributed by atoms with Crippen molar-refractivity contribution in [2.45, 2.75) is 26.3 Å². The number of anilines is 1. The number of hydrogen-bond donors (Lipinski definition) is 1. The third-order valence-electron chi connectivity index (χ3n) is 4.61. The van der Waals surface area contributed by atoms with Gasteiger partial charge in [-0.15, -0.1) is 15.3 Å². The van der Waals surface area contributed by atoms with Crippen LogP contribution in [0, 0.1) is 12.8 Å². The van der Waals surface area contributed by atoms with E-state index >= 15 is 0 Å². The van der Waals surface area contributed by atoms with Gasteiger partial charge in [-0.05, 0) is 44.0 Å². The summed E-state index contributed by atoms with van der Waals surface area (Å²) in [6.07, 6.45) is 3.23. The number of nitrogens with zero attached hydrogens (tertiary/aromatic N) is 5. The first-order valence-electron chi connectivity index (χ1n) is 8.45. The van der Waals surface area contributed by atoms with E-state index in [-0.39, 0.29) is 11.8 Å². The van der Waals surface area contributed by atoms with Gasteiger partial charge in [-0.25, -0.2) is 0 Å². The predicted octanol–water partition coefficient (Wildman–Crippen LogP) is 1.56. The fraction of sp³-hybridized carbons (Fsp3) is 0.412. The Kier molecular flexibility index (Phi) is 4.09. The van der Waals surface area contributed by atoms with Crippen LogP contribution in [0.4, 0.5) is 5.82 Å². The van der Waals surface area contributed by atoms with Gasteiger partial charge in [-0.1, -0.05) is 0 Å². The maximum absolute atomic E-state index is 12.3. The molecule has 1 N–H and O–H groups in total. The highest BCUT2D eigenvalue weighted by Crippen LogP contribution is 2.22. The predicted molar refractivity (Wildman–Crippen MR) is 91.0 cm³/mol. The maximum atomic E-state index is 12.3. The van der Waals surface area contributed by atoms with Crippen molar-refractivity contribution in [2.24, 2.45) is 5.92 Å². The number of hydrogen-bond acceptors (Lipinski definition) is 6. The van der Waals surface area contributed by atoms with Crippen molar-refractivity contribution in [1.29, 1.82) is 0 Å². The zero-order valence-corrected chi connectivity index (χ0v) is 14.1. The molecule has 0 atom stereocenters. The number of amides is 1. The summed E-state index contributed by atoms with van der Waals surface area (Å²) in [7, 11) is 0. The number of carbonyl (C=O) groups excluding carboxylic acids is 1. The van der Waals surface area contributed by atoms with Gasteiger partial charge >= 0.3 is 0 Å². The summed E-state index contributed by atoms with van der Waals surface area (Å²) < 4.78 is 6.99. The molecule has 3 aromatic rings. The lowest BCUT2D eigenvalue weighted by Gasteiger charge is -2.32. The molecule has 0 aromatic carbocycles. The number of furan rings is 1. The Morgan fingerprint density at radius 2 is 2.12 bits per heavy atom. The van der Waals surface area contributed by atoms with Crippen LogP contribution in [0.5, 0.6) is 0 Å². The van der Waals surface area contributed by atoms with Gasteiger partial charge in [0.1, 0.15) is 11.6 Å². The van der Waals surface area contributed by atoms with E-state index in [1.807, 2.05) is 31.2 Å². The van der Waals surface area contributed by atoms with Crippen molar-refractivity contribution < 1.29 is 9.21 Å². The molecule has 1 aliphatic rings. The number of carbonyl (C=O) groups is 1. The van der Waals surface area contributed by atoms with Gasteiger partial charge < -0.3 is 14.6 Å². The van der Waals surface area contributed by atoms with E-state index in [4.69, 9.17) is 4.42 Å². The zero-order chi connectivity index (χ0) is 17.2. The van der Waals surface area contributed by atoms with Gasteiger partial charge in [-0.3, -0.25) is 4.79 Å². The van der Waals surface area contributed by atoms with E-state index in [2.05, 4.69) is 25.5 Å². The van der Waals surface area contributed by atoms with Crippen molar-refractivity contribution in [3.8, 4) is 0 Å². The van der Waals surface area contributed by atoms with Gasteiger partial charge in [0.05, 0.1) is 12.8 Å². The van der Waals surface area contributed by atoms with Crippen LogP contribution in [-0.4, -0.2) is 38.8 Å². The van der Waals surface area contributed by atoms with Gasteiger partial charge in [0.2, 0.25) is 5.91 Å². The normalized spacial score (nSPS) is 15.6. The molecule has 1 amide bonds. The standard InChI is InChI=1S/C17H20N6O2/c1-12-19-20-15-4-5-16(21-23(12)15)22-8-6-13(7-9-22)17(24)18-11-14-3-2-10-25-14/h2-5,10,13H,6-9,11H2,1H3,(H,18,24). The third-order valence-corrected chi connectivity index (χ3v) is 4.61. The summed E-state index contributed by atoms with van der Waals surface area (Å²) in [5.74, 6) is 2.56. The Balaban J connectivity index is 1.35. The Morgan fingerprint density at radius 1 is 1.28 bits per heavy atom. The van der Waals surface area contributed by atoms with Crippen LogP contribution in [0.3, 0.4) is 0 Å². The minimum absolute atomic E-state index is 0.0339. The maximum Gasteiger partial charge on any atom is 0.223 e. The molecule has 8 heteroatoms. The molecule has 4 rings (SSSR count). The third kappa shape index (κ3) is 3.19. The number of aryl methyl sites for hydroxylation is 1. The molecule has 0 aliphatic carbocycles. The quantitative estimate of drug-likeness (QED) is 0.775. The second-order valence-electron chi connectivity index (χ2n) is 6.27. The van der Waals surface area contributed by atoms with Crippen molar-refractivity contribution in [3.63, 3.8) is 0 Å². The summed E-state index contributed by atoms with van der Waals surface area (Å²) >= 11 is 0. The van der Waals surface area contributed by atoms with Crippen molar-refractivity contribution in [2.75, 3.05) is 18.0 Å². The first-order valence-corrected chi connectivity index (χ1v) is 8.45. The number of fused-ring (bicyclic) bond motifs is 1. The Bertz CT molecular complexity index is 865. The van der Waals surface area contributed by atoms with Crippen LogP contribution in [0.25, 0.3) is 5.65 Å². The molecule has 130 valence electrons. The van der Waals surface area contributed by atoms with E-state index in [1.165, 1.54) is 0 Å². The van der Waals surface area contributed by atoms with Gasteiger partial charge in [0, 0.05) is 19.0 Å². The van der Waals surface area contributed by atoms with Crippen LogP contribution < -0.4 is 10.2 Å². The minimum atomic E-state index is 0.0339. The van der Waals surface area contributed by atoms with E-state index in [0.29, 0.717) is 6.54 Å². The van der Waals surface area contributed by atoms with Crippen molar-refractivity contribution >= 4 is 17.4 Å². The van der Waals surface area contributed by atoms with Crippen molar-refractivity contribution in [1.82, 2.24) is 25.1 Å². The molecule has 0 saturated carbocycles. The Morgan fingerprint density at radius 3 is 2.88 bits per heavy atom. The highest BCUT2D eigenvalue weighted by molar-refractivity contribution is 5.78. The summed E-state index contributed by atoms with van der Waals surface area (Å²) in [4.78, 5) is 14.5. The summed E-state index contributed by atoms with van der Waals surface area (Å²) in [6, 6.07) is 7.56. The van der Waals surface area contributed by atoms with Gasteiger partial charge in [0.15, 0.2) is 11.5 Å². The topological polar surface area (TPSA) is 88.6 Å². The molecule has 8 nitrogen and oxygen atoms in total. The molecule has 0 bridgehead atoms. The highest BCUT2D eigenvalue weighted by Gasteiger charge is 2.26. The molecule has 0 unspecified atom stereocenters. The first kappa shape index (κ1) is 15.6. The summed E-state index contributed by atoms with van der Waals surface area (Å²) in [5, 5.41) is 15.6. The van der Waals surface area contributed by atoms with E-state index in [1.54, 1.807) is 10.8 Å². The van der Waals surface area contributed by atoms with E-state index < -0.39 is 0 Å². The monoisotopic (exact) mass is 340 g/mol. The Hall–Kier alpha value is -2.90. The number of aromatic nitrogens is 4. The lowest BCUT2D eigenvalue weighted by atomic mass is 9.96. The number of piperidine rings is 1. The number of rotatable bonds is 4. The molecule has 1 saturated heterocycles. The lowest BCUT2D eigenvalue weighted by Crippen LogP contribution is -2.40. The molecule has 25 heavy (non-hydrogen) atoms. The molecular weight excluding hydrogens is 320 g/mol. The van der Waals surface area contributed by atoms with Crippen LogP contribution in [0.2, 0.25) is 0 Å². The fourth-order valence-electron chi connectivity index (χ4n) is 3.16. The van der Waals surface area contributed by atoms with Crippen molar-refractivity contribution in [3.05, 3.63) is 42.1 Å². The largest absolute Gasteiger partial charge is 0.467 e. The van der Waals surface area contributed by atoms with Gasteiger partial charge in [-0.2, -0.15) is 4.52 Å². The van der Waals surface area contributed by atoms with Crippen LogP contribution in [-0.2, 0) is 11.3 Å².